The largest absolute Gasteiger partial charge is 0.347 e. The number of nitrogens with zero attached hydrogens (tertiary/aromatic N) is 1. The van der Waals surface area contributed by atoms with Gasteiger partial charge in [0.1, 0.15) is 9.84 Å². The summed E-state index contributed by atoms with van der Waals surface area (Å²) in [6, 6.07) is 8.38. The molecule has 0 amide bonds. The topological polar surface area (TPSA) is 39.1 Å². The molecule has 1 aromatic carbocycles. The van der Waals surface area contributed by atoms with Gasteiger partial charge in [-0.25, -0.2) is 8.42 Å². The summed E-state index contributed by atoms with van der Waals surface area (Å²) in [5.74, 6) is 0.249. The van der Waals surface area contributed by atoms with Gasteiger partial charge >= 0.3 is 0 Å². The molecule has 0 bridgehead atoms. The third-order valence-electron chi connectivity index (χ3n) is 2.84. The number of aryl methyl sites for hydroxylation is 2. The van der Waals surface area contributed by atoms with E-state index in [2.05, 4.69) is 35.8 Å². The molecule has 2 aromatic rings. The maximum atomic E-state index is 11.1. The van der Waals surface area contributed by atoms with Crippen molar-refractivity contribution in [1.82, 2.24) is 4.57 Å². The number of hydrogen-bond acceptors (Lipinski definition) is 2. The Kier molecular flexibility index (Phi) is 3.24. The number of aromatic nitrogens is 1. The molecule has 17 heavy (non-hydrogen) atoms. The Bertz CT molecular complexity index is 626. The zero-order valence-corrected chi connectivity index (χ0v) is 11.0. The molecule has 0 spiro atoms. The predicted octanol–water partition coefficient (Wildman–Crippen LogP) is 2.38. The van der Waals surface area contributed by atoms with Crippen molar-refractivity contribution in [3.05, 3.63) is 36.0 Å². The lowest BCUT2D eigenvalue weighted by Crippen LogP contribution is -2.06. The van der Waals surface area contributed by atoms with Gasteiger partial charge in [-0.2, -0.15) is 0 Å². The van der Waals surface area contributed by atoms with Gasteiger partial charge in [-0.05, 0) is 36.4 Å². The van der Waals surface area contributed by atoms with Gasteiger partial charge in [0.05, 0.1) is 5.75 Å². The molecule has 92 valence electrons. The Morgan fingerprint density at radius 3 is 2.71 bits per heavy atom. The lowest BCUT2D eigenvalue weighted by Gasteiger charge is -2.05. The van der Waals surface area contributed by atoms with Crippen LogP contribution in [0.3, 0.4) is 0 Å². The Balaban J connectivity index is 2.16. The summed E-state index contributed by atoms with van der Waals surface area (Å²) in [6.07, 6.45) is 3.97. The van der Waals surface area contributed by atoms with E-state index < -0.39 is 9.84 Å². The van der Waals surface area contributed by atoms with E-state index in [4.69, 9.17) is 0 Å². The molecule has 2 rings (SSSR count). The van der Waals surface area contributed by atoms with Crippen LogP contribution in [0, 0.1) is 6.92 Å². The molecule has 1 heterocycles. The van der Waals surface area contributed by atoms with E-state index in [1.165, 1.54) is 22.7 Å². The van der Waals surface area contributed by atoms with Gasteiger partial charge in [0.25, 0.3) is 0 Å². The van der Waals surface area contributed by atoms with E-state index in [1.54, 1.807) is 0 Å². The van der Waals surface area contributed by atoms with Crippen molar-refractivity contribution in [2.24, 2.45) is 0 Å². The van der Waals surface area contributed by atoms with Crippen LogP contribution in [-0.4, -0.2) is 25.0 Å². The van der Waals surface area contributed by atoms with Crippen molar-refractivity contribution in [3.8, 4) is 0 Å². The monoisotopic (exact) mass is 251 g/mol. The minimum absolute atomic E-state index is 0.249. The van der Waals surface area contributed by atoms with Crippen LogP contribution in [0.5, 0.6) is 0 Å². The number of benzene rings is 1. The van der Waals surface area contributed by atoms with Gasteiger partial charge in [0.15, 0.2) is 0 Å². The van der Waals surface area contributed by atoms with Crippen LogP contribution in [0.4, 0.5) is 0 Å². The first-order chi connectivity index (χ1) is 7.96. The highest BCUT2D eigenvalue weighted by Crippen LogP contribution is 2.17. The van der Waals surface area contributed by atoms with Crippen LogP contribution in [-0.2, 0) is 16.4 Å². The summed E-state index contributed by atoms with van der Waals surface area (Å²) in [5, 5.41) is 1.20. The summed E-state index contributed by atoms with van der Waals surface area (Å²) in [4.78, 5) is 0. The first-order valence-corrected chi connectivity index (χ1v) is 7.75. The Morgan fingerprint density at radius 2 is 2.00 bits per heavy atom. The maximum absolute atomic E-state index is 11.1. The van der Waals surface area contributed by atoms with E-state index in [0.717, 1.165) is 6.54 Å². The average molecular weight is 251 g/mol. The van der Waals surface area contributed by atoms with Crippen LogP contribution in [0.2, 0.25) is 0 Å². The van der Waals surface area contributed by atoms with Crippen LogP contribution < -0.4 is 0 Å². The second-order valence-corrected chi connectivity index (χ2v) is 6.81. The van der Waals surface area contributed by atoms with Crippen molar-refractivity contribution in [1.29, 1.82) is 0 Å². The minimum Gasteiger partial charge on any atom is -0.347 e. The predicted molar refractivity (Wildman–Crippen MR) is 71.0 cm³/mol. The molecular formula is C13H17NO2S. The van der Waals surface area contributed by atoms with Crippen LogP contribution in [0.25, 0.3) is 10.9 Å². The first kappa shape index (κ1) is 12.2. The molecule has 0 atom stereocenters. The molecule has 0 aliphatic rings. The number of sulfone groups is 1. The highest BCUT2D eigenvalue weighted by molar-refractivity contribution is 7.90. The number of hydrogen-bond donors (Lipinski definition) is 0. The Morgan fingerprint density at radius 1 is 1.24 bits per heavy atom. The summed E-state index contributed by atoms with van der Waals surface area (Å²) in [6.45, 7) is 2.81. The summed E-state index contributed by atoms with van der Waals surface area (Å²) >= 11 is 0. The summed E-state index contributed by atoms with van der Waals surface area (Å²) in [5.41, 5.74) is 2.40. The zero-order chi connectivity index (χ0) is 12.5. The Labute approximate surface area is 102 Å². The molecular weight excluding hydrogens is 234 g/mol. The standard InChI is InChI=1S/C13H17NO2S/c1-11-4-5-12-6-8-14(13(12)10-11)7-3-9-17(2,15)16/h4-6,8,10H,3,7,9H2,1-2H3. The lowest BCUT2D eigenvalue weighted by atomic mass is 10.2. The van der Waals surface area contributed by atoms with Crippen molar-refractivity contribution in [2.45, 2.75) is 19.9 Å². The quantitative estimate of drug-likeness (QED) is 0.837. The van der Waals surface area contributed by atoms with Gasteiger partial charge < -0.3 is 4.57 Å². The Hall–Kier alpha value is -1.29. The van der Waals surface area contributed by atoms with E-state index in [1.807, 2.05) is 6.20 Å². The fraction of sp³-hybridized carbons (Fsp3) is 0.385. The fourth-order valence-electron chi connectivity index (χ4n) is 1.99. The molecule has 4 heteroatoms. The van der Waals surface area contributed by atoms with Gasteiger partial charge in [-0.3, -0.25) is 0 Å². The molecule has 0 fully saturated rings. The third-order valence-corrected chi connectivity index (χ3v) is 3.87. The van der Waals surface area contributed by atoms with Gasteiger partial charge in [0.2, 0.25) is 0 Å². The minimum atomic E-state index is -2.85. The fourth-order valence-corrected chi connectivity index (χ4v) is 2.64. The summed E-state index contributed by atoms with van der Waals surface area (Å²) in [7, 11) is -2.85. The van der Waals surface area contributed by atoms with E-state index in [0.29, 0.717) is 6.42 Å². The van der Waals surface area contributed by atoms with Gasteiger partial charge in [-0.15, -0.1) is 0 Å². The van der Waals surface area contributed by atoms with E-state index >= 15 is 0 Å². The molecule has 0 saturated heterocycles. The molecule has 0 radical (unpaired) electrons. The van der Waals surface area contributed by atoms with E-state index in [9.17, 15) is 8.42 Å². The summed E-state index contributed by atoms with van der Waals surface area (Å²) < 4.78 is 24.3. The van der Waals surface area contributed by atoms with Crippen LogP contribution in [0.1, 0.15) is 12.0 Å². The molecule has 1 aromatic heterocycles. The molecule has 0 aliphatic carbocycles. The molecule has 3 nitrogen and oxygen atoms in total. The first-order valence-electron chi connectivity index (χ1n) is 5.69. The van der Waals surface area contributed by atoms with Crippen molar-refractivity contribution < 1.29 is 8.42 Å². The SMILES string of the molecule is Cc1ccc2ccn(CCCS(C)(=O)=O)c2c1. The van der Waals surface area contributed by atoms with Crippen LogP contribution in [0.15, 0.2) is 30.5 Å². The van der Waals surface area contributed by atoms with E-state index in [-0.39, 0.29) is 5.75 Å². The normalized spacial score (nSPS) is 12.1. The number of rotatable bonds is 4. The third kappa shape index (κ3) is 3.09. The highest BCUT2D eigenvalue weighted by atomic mass is 32.2. The maximum Gasteiger partial charge on any atom is 0.147 e. The van der Waals surface area contributed by atoms with Crippen molar-refractivity contribution in [2.75, 3.05) is 12.0 Å². The van der Waals surface area contributed by atoms with Crippen molar-refractivity contribution >= 4 is 20.7 Å². The molecule has 0 unspecified atom stereocenters. The highest BCUT2D eigenvalue weighted by Gasteiger charge is 2.04. The zero-order valence-electron chi connectivity index (χ0n) is 10.2. The number of fused-ring (bicyclic) bond motifs is 1. The molecule has 0 aliphatic heterocycles. The van der Waals surface area contributed by atoms with Crippen molar-refractivity contribution in [3.63, 3.8) is 0 Å². The second-order valence-electron chi connectivity index (χ2n) is 4.55. The van der Waals surface area contributed by atoms with Gasteiger partial charge in [0, 0.05) is 24.5 Å². The lowest BCUT2D eigenvalue weighted by molar-refractivity contribution is 0.593. The molecule has 0 saturated carbocycles. The van der Waals surface area contributed by atoms with Crippen LogP contribution >= 0.6 is 0 Å². The smallest absolute Gasteiger partial charge is 0.147 e. The van der Waals surface area contributed by atoms with Gasteiger partial charge in [-0.1, -0.05) is 12.1 Å². The molecule has 0 N–H and O–H groups in total. The average Bonchev–Trinajstić information content (AvgIpc) is 2.59. The second kappa shape index (κ2) is 4.53.